The Labute approximate surface area is 130 Å². The van der Waals surface area contributed by atoms with Crippen molar-refractivity contribution < 1.29 is 9.47 Å². The highest BCUT2D eigenvalue weighted by atomic mass is 79.9. The summed E-state index contributed by atoms with van der Waals surface area (Å²) in [6.45, 7) is 5.65. The number of halogens is 1. The predicted octanol–water partition coefficient (Wildman–Crippen LogP) is 4.44. The molecule has 0 aliphatic carbocycles. The Hall–Kier alpha value is -0.740. The molecule has 2 N–H and O–H groups in total. The lowest BCUT2D eigenvalue weighted by molar-refractivity contribution is 0.171. The Morgan fingerprint density at radius 2 is 1.65 bits per heavy atom. The van der Waals surface area contributed by atoms with Gasteiger partial charge < -0.3 is 15.2 Å². The Kier molecular flexibility index (Phi) is 5.73. The lowest BCUT2D eigenvalue weighted by Gasteiger charge is -2.26. The van der Waals surface area contributed by atoms with Gasteiger partial charge in [0, 0.05) is 10.5 Å². The summed E-state index contributed by atoms with van der Waals surface area (Å²) in [4.78, 5) is 0. The first-order valence-corrected chi connectivity index (χ1v) is 8.31. The maximum atomic E-state index is 6.52. The molecule has 4 heteroatoms. The Balaban J connectivity index is 2.25. The third kappa shape index (κ3) is 3.47. The lowest BCUT2D eigenvalue weighted by Crippen LogP contribution is -2.23. The molecule has 0 fully saturated rings. The van der Waals surface area contributed by atoms with Crippen LogP contribution in [0, 0.1) is 5.92 Å². The molecule has 20 heavy (non-hydrogen) atoms. The zero-order valence-electron chi connectivity index (χ0n) is 12.3. The van der Waals surface area contributed by atoms with Crippen molar-refractivity contribution in [3.8, 4) is 11.5 Å². The van der Waals surface area contributed by atoms with Crippen molar-refractivity contribution in [1.82, 2.24) is 0 Å². The summed E-state index contributed by atoms with van der Waals surface area (Å²) in [6, 6.07) is 4.07. The standard InChI is InChI=1S/C16H24BrNO2/c1-3-5-11(6-4-2)16(18)12-9-14-15(10-13(12)17)20-8-7-19-14/h9-11,16H,3-8,18H2,1-2H3. The molecule has 0 saturated carbocycles. The number of hydrogen-bond donors (Lipinski definition) is 1. The van der Waals surface area contributed by atoms with Gasteiger partial charge in [0.1, 0.15) is 13.2 Å². The maximum Gasteiger partial charge on any atom is 0.162 e. The quantitative estimate of drug-likeness (QED) is 0.831. The van der Waals surface area contributed by atoms with Crippen LogP contribution in [0.2, 0.25) is 0 Å². The smallest absolute Gasteiger partial charge is 0.162 e. The van der Waals surface area contributed by atoms with Gasteiger partial charge in [-0.05, 0) is 36.5 Å². The zero-order valence-corrected chi connectivity index (χ0v) is 13.9. The molecule has 3 nitrogen and oxygen atoms in total. The molecular formula is C16H24BrNO2. The SMILES string of the molecule is CCCC(CCC)C(N)c1cc2c(cc1Br)OCCO2. The fourth-order valence-electron chi connectivity index (χ4n) is 2.83. The lowest BCUT2D eigenvalue weighted by atomic mass is 9.86. The minimum Gasteiger partial charge on any atom is -0.486 e. The Morgan fingerprint density at radius 1 is 1.10 bits per heavy atom. The first-order chi connectivity index (χ1) is 9.67. The topological polar surface area (TPSA) is 44.5 Å². The minimum atomic E-state index is 0.0418. The van der Waals surface area contributed by atoms with Crippen LogP contribution in [0.25, 0.3) is 0 Å². The fourth-order valence-corrected chi connectivity index (χ4v) is 3.42. The van der Waals surface area contributed by atoms with Crippen molar-refractivity contribution in [2.24, 2.45) is 11.7 Å². The summed E-state index contributed by atoms with van der Waals surface area (Å²) in [7, 11) is 0. The van der Waals surface area contributed by atoms with E-state index < -0.39 is 0 Å². The third-order valence-electron chi connectivity index (χ3n) is 3.85. The molecule has 0 amide bonds. The van der Waals surface area contributed by atoms with Crippen molar-refractivity contribution in [3.63, 3.8) is 0 Å². The van der Waals surface area contributed by atoms with Crippen LogP contribution in [-0.2, 0) is 0 Å². The molecule has 1 aromatic carbocycles. The van der Waals surface area contributed by atoms with Gasteiger partial charge in [0.05, 0.1) is 0 Å². The second-order valence-corrected chi connectivity index (χ2v) is 6.23. The second kappa shape index (κ2) is 7.32. The molecule has 1 aliphatic heterocycles. The maximum absolute atomic E-state index is 6.52. The molecule has 0 saturated heterocycles. The molecular weight excluding hydrogens is 318 g/mol. The van der Waals surface area contributed by atoms with Crippen LogP contribution in [-0.4, -0.2) is 13.2 Å². The molecule has 1 unspecified atom stereocenters. The first kappa shape index (κ1) is 15.6. The van der Waals surface area contributed by atoms with E-state index in [1.54, 1.807) is 0 Å². The van der Waals surface area contributed by atoms with Gasteiger partial charge in [0.25, 0.3) is 0 Å². The van der Waals surface area contributed by atoms with Crippen LogP contribution in [0.5, 0.6) is 11.5 Å². The van der Waals surface area contributed by atoms with Crippen LogP contribution in [0.4, 0.5) is 0 Å². The van der Waals surface area contributed by atoms with Crippen molar-refractivity contribution in [3.05, 3.63) is 22.2 Å². The van der Waals surface area contributed by atoms with E-state index in [1.165, 1.54) is 12.8 Å². The van der Waals surface area contributed by atoms with Gasteiger partial charge in [0.2, 0.25) is 0 Å². The van der Waals surface area contributed by atoms with Crippen LogP contribution < -0.4 is 15.2 Å². The van der Waals surface area contributed by atoms with Gasteiger partial charge in [-0.1, -0.05) is 42.6 Å². The second-order valence-electron chi connectivity index (χ2n) is 5.38. The van der Waals surface area contributed by atoms with E-state index in [-0.39, 0.29) is 6.04 Å². The molecule has 2 rings (SSSR count). The number of fused-ring (bicyclic) bond motifs is 1. The normalized spacial score (nSPS) is 15.4. The van der Waals surface area contributed by atoms with E-state index in [9.17, 15) is 0 Å². The number of benzene rings is 1. The molecule has 1 heterocycles. The monoisotopic (exact) mass is 341 g/mol. The molecule has 1 aromatic rings. The van der Waals surface area contributed by atoms with E-state index in [0.29, 0.717) is 19.1 Å². The fraction of sp³-hybridized carbons (Fsp3) is 0.625. The highest BCUT2D eigenvalue weighted by Crippen LogP contribution is 2.40. The van der Waals surface area contributed by atoms with Crippen molar-refractivity contribution >= 4 is 15.9 Å². The van der Waals surface area contributed by atoms with E-state index in [1.807, 2.05) is 12.1 Å². The largest absolute Gasteiger partial charge is 0.486 e. The predicted molar refractivity (Wildman–Crippen MR) is 85.4 cm³/mol. The molecule has 0 spiro atoms. The highest BCUT2D eigenvalue weighted by Gasteiger charge is 2.23. The molecule has 0 aromatic heterocycles. The van der Waals surface area contributed by atoms with Gasteiger partial charge in [0.15, 0.2) is 11.5 Å². The van der Waals surface area contributed by atoms with Gasteiger partial charge in [-0.2, -0.15) is 0 Å². The Morgan fingerprint density at radius 3 is 2.20 bits per heavy atom. The van der Waals surface area contributed by atoms with E-state index in [4.69, 9.17) is 15.2 Å². The van der Waals surface area contributed by atoms with Crippen LogP contribution in [0.3, 0.4) is 0 Å². The average molecular weight is 342 g/mol. The van der Waals surface area contributed by atoms with Gasteiger partial charge in [-0.3, -0.25) is 0 Å². The number of ether oxygens (including phenoxy) is 2. The van der Waals surface area contributed by atoms with Crippen LogP contribution in [0.1, 0.15) is 51.1 Å². The molecule has 1 aliphatic rings. The van der Waals surface area contributed by atoms with Gasteiger partial charge >= 0.3 is 0 Å². The zero-order chi connectivity index (χ0) is 14.5. The molecule has 0 bridgehead atoms. The summed E-state index contributed by atoms with van der Waals surface area (Å²) in [5.74, 6) is 2.14. The highest BCUT2D eigenvalue weighted by molar-refractivity contribution is 9.10. The number of nitrogens with two attached hydrogens (primary N) is 1. The van der Waals surface area contributed by atoms with Crippen molar-refractivity contribution in [2.45, 2.75) is 45.6 Å². The summed E-state index contributed by atoms with van der Waals surface area (Å²) >= 11 is 3.63. The third-order valence-corrected chi connectivity index (χ3v) is 4.53. The number of hydrogen-bond acceptors (Lipinski definition) is 3. The van der Waals surface area contributed by atoms with E-state index >= 15 is 0 Å². The van der Waals surface area contributed by atoms with E-state index in [0.717, 1.165) is 34.4 Å². The molecule has 1 atom stereocenters. The minimum absolute atomic E-state index is 0.0418. The summed E-state index contributed by atoms with van der Waals surface area (Å²) in [5.41, 5.74) is 7.65. The van der Waals surface area contributed by atoms with Crippen molar-refractivity contribution in [1.29, 1.82) is 0 Å². The van der Waals surface area contributed by atoms with Crippen LogP contribution in [0.15, 0.2) is 16.6 Å². The first-order valence-electron chi connectivity index (χ1n) is 7.52. The van der Waals surface area contributed by atoms with Crippen LogP contribution >= 0.6 is 15.9 Å². The van der Waals surface area contributed by atoms with Gasteiger partial charge in [-0.15, -0.1) is 0 Å². The van der Waals surface area contributed by atoms with Gasteiger partial charge in [-0.25, -0.2) is 0 Å². The molecule has 112 valence electrons. The average Bonchev–Trinajstić information content (AvgIpc) is 2.45. The van der Waals surface area contributed by atoms with Crippen molar-refractivity contribution in [2.75, 3.05) is 13.2 Å². The Bertz CT molecular complexity index is 444. The number of rotatable bonds is 6. The summed E-state index contributed by atoms with van der Waals surface area (Å²) in [5, 5.41) is 0. The summed E-state index contributed by atoms with van der Waals surface area (Å²) < 4.78 is 12.3. The molecule has 0 radical (unpaired) electrons. The van der Waals surface area contributed by atoms with E-state index in [2.05, 4.69) is 29.8 Å². The summed E-state index contributed by atoms with van der Waals surface area (Å²) in [6.07, 6.45) is 4.66.